The largest absolute Gasteiger partial charge is 0.360 e. The van der Waals surface area contributed by atoms with Crippen LogP contribution in [0, 0.1) is 23.7 Å². The first-order valence-electron chi connectivity index (χ1n) is 8.53. The van der Waals surface area contributed by atoms with Crippen molar-refractivity contribution in [2.75, 3.05) is 16.3 Å². The normalized spacial score (nSPS) is 12.1. The Hall–Kier alpha value is -2.56. The first-order valence-corrected chi connectivity index (χ1v) is 10.9. The number of aryl methyl sites for hydroxylation is 1. The molecule has 0 bridgehead atoms. The number of halogens is 1. The number of terminal acetylenes is 1. The van der Waals surface area contributed by atoms with Crippen LogP contribution in [-0.4, -0.2) is 21.4 Å². The topological polar surface area (TPSA) is 86.9 Å². The van der Waals surface area contributed by atoms with Crippen LogP contribution >= 0.6 is 33.9 Å². The second kappa shape index (κ2) is 10.7. The summed E-state index contributed by atoms with van der Waals surface area (Å²) in [6, 6.07) is 9.85. The van der Waals surface area contributed by atoms with Gasteiger partial charge < -0.3 is 10.6 Å². The highest BCUT2D eigenvalue weighted by Gasteiger charge is 2.14. The fourth-order valence-corrected chi connectivity index (χ4v) is 4.19. The molecule has 144 valence electrons. The zero-order valence-corrected chi connectivity index (χ0v) is 18.3. The van der Waals surface area contributed by atoms with Crippen LogP contribution in [0.4, 0.5) is 5.69 Å². The van der Waals surface area contributed by atoms with Gasteiger partial charge in [-0.25, -0.2) is 0 Å². The van der Waals surface area contributed by atoms with Crippen molar-refractivity contribution in [2.24, 2.45) is 0 Å². The lowest BCUT2D eigenvalue weighted by Crippen LogP contribution is -2.34. The van der Waals surface area contributed by atoms with Gasteiger partial charge in [0.2, 0.25) is 0 Å². The van der Waals surface area contributed by atoms with E-state index in [0.717, 1.165) is 27.9 Å². The fraction of sp³-hybridized carbons (Fsp3) is 0.250. The highest BCUT2D eigenvalue weighted by molar-refractivity contribution is 14.1. The quantitative estimate of drug-likeness (QED) is 0.336. The molecule has 2 N–H and O–H groups in total. The monoisotopic (exact) mass is 506 g/mol. The summed E-state index contributed by atoms with van der Waals surface area (Å²) in [6.07, 6.45) is 7.72. The summed E-state index contributed by atoms with van der Waals surface area (Å²) in [5.74, 6) is 1.70. The number of alkyl halides is 1. The summed E-state index contributed by atoms with van der Waals surface area (Å²) >= 11 is 3.43. The van der Waals surface area contributed by atoms with E-state index in [1.807, 2.05) is 24.3 Å². The molecule has 1 heterocycles. The molecule has 0 fully saturated rings. The van der Waals surface area contributed by atoms with Gasteiger partial charge in [-0.15, -0.1) is 17.8 Å². The minimum Gasteiger partial charge on any atom is -0.360 e. The third-order valence-corrected chi connectivity index (χ3v) is 5.48. The van der Waals surface area contributed by atoms with E-state index in [0.29, 0.717) is 15.7 Å². The zero-order chi connectivity index (χ0) is 20.5. The van der Waals surface area contributed by atoms with Crippen molar-refractivity contribution in [3.63, 3.8) is 0 Å². The van der Waals surface area contributed by atoms with E-state index in [1.165, 1.54) is 10.1 Å². The Morgan fingerprint density at radius 2 is 2.25 bits per heavy atom. The molecule has 8 heteroatoms. The lowest BCUT2D eigenvalue weighted by Gasteiger charge is -2.03. The summed E-state index contributed by atoms with van der Waals surface area (Å²) in [7, 11) is 0. The van der Waals surface area contributed by atoms with Crippen molar-refractivity contribution in [3.8, 4) is 18.4 Å². The molecule has 0 atom stereocenters. The Morgan fingerprint density at radius 3 is 2.89 bits per heavy atom. The minimum absolute atomic E-state index is 0.0137. The standard InChI is InChI=1S/C20H19IN4O2S/c1-3-10-23-18(26)16(12-22)20-25(4-2)19(27)17(28-20)13-24-15-7-5-6-14(11-15)8-9-21/h1,5-7,11,13,24H,4,8-10H2,2H3,(H,23,26). The molecule has 0 aliphatic rings. The van der Waals surface area contributed by atoms with Gasteiger partial charge in [0.05, 0.1) is 6.54 Å². The lowest BCUT2D eigenvalue weighted by atomic mass is 10.1. The predicted octanol–water partition coefficient (Wildman–Crippen LogP) is 1.18. The third kappa shape index (κ3) is 5.24. The molecule has 6 nitrogen and oxygen atoms in total. The van der Waals surface area contributed by atoms with Crippen LogP contribution in [0.25, 0.3) is 11.8 Å². The van der Waals surface area contributed by atoms with E-state index >= 15 is 0 Å². The minimum atomic E-state index is -0.588. The van der Waals surface area contributed by atoms with Crippen LogP contribution < -0.4 is 25.4 Å². The summed E-state index contributed by atoms with van der Waals surface area (Å²) in [6.45, 7) is 2.15. The molecule has 1 aromatic heterocycles. The first kappa shape index (κ1) is 21.7. The maximum absolute atomic E-state index is 12.7. The number of amides is 1. The maximum atomic E-state index is 12.7. The van der Waals surface area contributed by atoms with Crippen molar-refractivity contribution in [1.29, 1.82) is 5.26 Å². The lowest BCUT2D eigenvalue weighted by molar-refractivity contribution is -0.115. The van der Waals surface area contributed by atoms with Gasteiger partial charge in [0.1, 0.15) is 15.3 Å². The fourth-order valence-electron chi connectivity index (χ4n) is 2.48. The Bertz CT molecular complexity index is 1120. The molecule has 0 aliphatic heterocycles. The SMILES string of the molecule is C#CCNC(=O)C(C#N)=c1sc(=CNc2cccc(CCI)c2)c(=O)n1CC. The second-order valence-corrected chi connectivity index (χ2v) is 7.73. The molecular formula is C20H19IN4O2S. The molecule has 2 rings (SSSR count). The molecule has 0 saturated carbocycles. The van der Waals surface area contributed by atoms with Gasteiger partial charge in [0, 0.05) is 22.9 Å². The Balaban J connectivity index is 2.49. The molecule has 0 saturated heterocycles. The number of anilines is 1. The molecule has 1 amide bonds. The molecule has 0 unspecified atom stereocenters. The zero-order valence-electron chi connectivity index (χ0n) is 15.3. The number of aromatic nitrogens is 1. The van der Waals surface area contributed by atoms with E-state index in [-0.39, 0.29) is 17.7 Å². The van der Waals surface area contributed by atoms with Crippen LogP contribution in [0.1, 0.15) is 12.5 Å². The number of carbonyl (C=O) groups is 1. The van der Waals surface area contributed by atoms with Crippen molar-refractivity contribution in [1.82, 2.24) is 9.88 Å². The number of nitrogens with one attached hydrogen (secondary N) is 2. The van der Waals surface area contributed by atoms with Crippen LogP contribution in [0.5, 0.6) is 0 Å². The predicted molar refractivity (Wildman–Crippen MR) is 121 cm³/mol. The number of hydrogen-bond acceptors (Lipinski definition) is 5. The molecule has 0 spiro atoms. The van der Waals surface area contributed by atoms with Gasteiger partial charge in [-0.3, -0.25) is 14.2 Å². The number of hydrogen-bond donors (Lipinski definition) is 2. The van der Waals surface area contributed by atoms with Crippen molar-refractivity contribution in [3.05, 3.63) is 49.4 Å². The number of nitriles is 1. The van der Waals surface area contributed by atoms with Crippen LogP contribution in [0.2, 0.25) is 0 Å². The number of thiazole rings is 1. The second-order valence-electron chi connectivity index (χ2n) is 5.62. The van der Waals surface area contributed by atoms with E-state index in [2.05, 4.69) is 45.2 Å². The third-order valence-electron chi connectivity index (χ3n) is 3.81. The summed E-state index contributed by atoms with van der Waals surface area (Å²) in [4.78, 5) is 24.9. The average Bonchev–Trinajstić information content (AvgIpc) is 3.01. The summed E-state index contributed by atoms with van der Waals surface area (Å²) in [5.41, 5.74) is 1.70. The number of benzene rings is 1. The molecule has 1 aromatic carbocycles. The van der Waals surface area contributed by atoms with Gasteiger partial charge in [0.15, 0.2) is 5.57 Å². The van der Waals surface area contributed by atoms with Crippen LogP contribution in [0.3, 0.4) is 0 Å². The molecule has 28 heavy (non-hydrogen) atoms. The smallest absolute Gasteiger partial charge is 0.270 e. The van der Waals surface area contributed by atoms with Crippen molar-refractivity contribution < 1.29 is 4.79 Å². The molecule has 0 aliphatic carbocycles. The number of carbonyl (C=O) groups excluding carboxylic acids is 1. The van der Waals surface area contributed by atoms with Crippen LogP contribution in [0.15, 0.2) is 29.1 Å². The Labute approximate surface area is 180 Å². The van der Waals surface area contributed by atoms with Crippen molar-refractivity contribution >= 4 is 57.3 Å². The average molecular weight is 506 g/mol. The highest BCUT2D eigenvalue weighted by Crippen LogP contribution is 2.11. The summed E-state index contributed by atoms with van der Waals surface area (Å²) in [5, 5.41) is 15.0. The van der Waals surface area contributed by atoms with Crippen molar-refractivity contribution in [2.45, 2.75) is 19.9 Å². The van der Waals surface area contributed by atoms with Gasteiger partial charge in [-0.2, -0.15) is 5.26 Å². The Kier molecular flexibility index (Phi) is 8.30. The highest BCUT2D eigenvalue weighted by atomic mass is 127. The maximum Gasteiger partial charge on any atom is 0.270 e. The summed E-state index contributed by atoms with van der Waals surface area (Å²) < 4.78 is 3.16. The number of nitrogens with zero attached hydrogens (tertiary/aromatic N) is 2. The van der Waals surface area contributed by atoms with Gasteiger partial charge >= 0.3 is 0 Å². The van der Waals surface area contributed by atoms with E-state index in [9.17, 15) is 14.9 Å². The first-order chi connectivity index (χ1) is 13.5. The molecule has 2 aromatic rings. The van der Waals surface area contributed by atoms with E-state index < -0.39 is 5.91 Å². The van der Waals surface area contributed by atoms with Gasteiger partial charge in [-0.05, 0) is 31.0 Å². The molecule has 0 radical (unpaired) electrons. The van der Waals surface area contributed by atoms with Gasteiger partial charge in [0.25, 0.3) is 11.5 Å². The number of rotatable bonds is 7. The molecular weight excluding hydrogens is 487 g/mol. The van der Waals surface area contributed by atoms with Crippen LogP contribution in [-0.2, 0) is 17.8 Å². The van der Waals surface area contributed by atoms with E-state index in [4.69, 9.17) is 6.42 Å². The Morgan fingerprint density at radius 1 is 1.46 bits per heavy atom. The van der Waals surface area contributed by atoms with Gasteiger partial charge in [-0.1, -0.05) is 40.6 Å². The van der Waals surface area contributed by atoms with E-state index in [1.54, 1.807) is 13.1 Å².